The zero-order valence-electron chi connectivity index (χ0n) is 13.2. The molecule has 7 nitrogen and oxygen atoms in total. The minimum absolute atomic E-state index is 0.0136. The highest BCUT2D eigenvalue weighted by molar-refractivity contribution is 6.34. The molecule has 24 heavy (non-hydrogen) atoms. The molecule has 1 aromatic carbocycles. The van der Waals surface area contributed by atoms with Crippen LogP contribution in [-0.4, -0.2) is 43.9 Å². The molecular weight excluding hydrogens is 330 g/mol. The highest BCUT2D eigenvalue weighted by Crippen LogP contribution is 2.25. The van der Waals surface area contributed by atoms with Crippen molar-refractivity contribution in [2.75, 3.05) is 6.61 Å². The molecule has 3 rings (SSSR count). The fourth-order valence-electron chi connectivity index (χ4n) is 3.15. The maximum absolute atomic E-state index is 12.6. The minimum atomic E-state index is -0.214. The summed E-state index contributed by atoms with van der Waals surface area (Å²) < 4.78 is 1.47. The van der Waals surface area contributed by atoms with Crippen LogP contribution in [0.3, 0.4) is 0 Å². The lowest BCUT2D eigenvalue weighted by atomic mass is 9.95. The van der Waals surface area contributed by atoms with Gasteiger partial charge in [0, 0.05) is 18.6 Å². The number of nitrogens with one attached hydrogen (secondary N) is 1. The molecule has 1 aliphatic rings. The van der Waals surface area contributed by atoms with E-state index in [-0.39, 0.29) is 24.5 Å². The first-order valence-electron chi connectivity index (χ1n) is 8.13. The summed E-state index contributed by atoms with van der Waals surface area (Å²) in [4.78, 5) is 12.6. The van der Waals surface area contributed by atoms with Crippen molar-refractivity contribution in [3.05, 3.63) is 35.1 Å². The second-order valence-corrected chi connectivity index (χ2v) is 6.49. The number of amides is 1. The third kappa shape index (κ3) is 3.73. The number of nitrogens with zero attached hydrogens (tertiary/aromatic N) is 4. The van der Waals surface area contributed by atoms with Crippen LogP contribution in [0.4, 0.5) is 0 Å². The summed E-state index contributed by atoms with van der Waals surface area (Å²) in [6.45, 7) is 0.0942. The molecule has 1 aromatic heterocycles. The molecule has 1 fully saturated rings. The van der Waals surface area contributed by atoms with Crippen LogP contribution < -0.4 is 5.32 Å². The van der Waals surface area contributed by atoms with Crippen molar-refractivity contribution in [1.82, 2.24) is 25.5 Å². The Morgan fingerprint density at radius 1 is 1.33 bits per heavy atom. The summed E-state index contributed by atoms with van der Waals surface area (Å²) >= 11 is 6.27. The second-order valence-electron chi connectivity index (χ2n) is 6.08. The van der Waals surface area contributed by atoms with E-state index in [9.17, 15) is 9.90 Å². The van der Waals surface area contributed by atoms with Gasteiger partial charge in [-0.3, -0.25) is 4.79 Å². The molecule has 128 valence electrons. The summed E-state index contributed by atoms with van der Waals surface area (Å²) in [5, 5.41) is 23.9. The number of tetrazole rings is 1. The number of carbonyl (C=O) groups is 1. The lowest BCUT2D eigenvalue weighted by Crippen LogP contribution is -2.41. The third-order valence-electron chi connectivity index (χ3n) is 4.52. The van der Waals surface area contributed by atoms with Gasteiger partial charge >= 0.3 is 0 Å². The highest BCUT2D eigenvalue weighted by atomic mass is 35.5. The van der Waals surface area contributed by atoms with Crippen molar-refractivity contribution in [1.29, 1.82) is 0 Å². The van der Waals surface area contributed by atoms with Crippen molar-refractivity contribution < 1.29 is 9.90 Å². The number of hydrogen-bond acceptors (Lipinski definition) is 5. The molecule has 0 spiro atoms. The van der Waals surface area contributed by atoms with Crippen LogP contribution in [0.25, 0.3) is 5.69 Å². The molecule has 2 unspecified atom stereocenters. The van der Waals surface area contributed by atoms with Crippen molar-refractivity contribution in [3.8, 4) is 5.69 Å². The van der Waals surface area contributed by atoms with Gasteiger partial charge in [-0.15, -0.1) is 5.10 Å². The predicted molar refractivity (Wildman–Crippen MR) is 89.1 cm³/mol. The molecule has 8 heteroatoms. The van der Waals surface area contributed by atoms with Gasteiger partial charge in [0.05, 0.1) is 16.3 Å². The van der Waals surface area contributed by atoms with Crippen molar-refractivity contribution >= 4 is 17.5 Å². The number of benzene rings is 1. The molecule has 1 heterocycles. The van der Waals surface area contributed by atoms with Gasteiger partial charge in [-0.1, -0.05) is 30.9 Å². The van der Waals surface area contributed by atoms with E-state index in [0.29, 0.717) is 16.3 Å². The first-order valence-corrected chi connectivity index (χ1v) is 8.51. The van der Waals surface area contributed by atoms with Crippen LogP contribution in [-0.2, 0) is 0 Å². The lowest BCUT2D eigenvalue weighted by molar-refractivity contribution is 0.0899. The van der Waals surface area contributed by atoms with Crippen LogP contribution in [0.5, 0.6) is 0 Å². The number of rotatable bonds is 4. The summed E-state index contributed by atoms with van der Waals surface area (Å²) in [6.07, 6.45) is 6.59. The Morgan fingerprint density at radius 3 is 2.88 bits per heavy atom. The Balaban J connectivity index is 1.74. The summed E-state index contributed by atoms with van der Waals surface area (Å²) in [6, 6.07) is 5.05. The van der Waals surface area contributed by atoms with Crippen LogP contribution in [0, 0.1) is 5.92 Å². The van der Waals surface area contributed by atoms with E-state index in [1.54, 1.807) is 18.2 Å². The van der Waals surface area contributed by atoms with Gasteiger partial charge in [-0.05, 0) is 41.5 Å². The third-order valence-corrected chi connectivity index (χ3v) is 4.83. The average molecular weight is 350 g/mol. The van der Waals surface area contributed by atoms with E-state index in [0.717, 1.165) is 32.1 Å². The molecule has 2 atom stereocenters. The van der Waals surface area contributed by atoms with Crippen LogP contribution in [0.15, 0.2) is 24.5 Å². The van der Waals surface area contributed by atoms with Crippen molar-refractivity contribution in [2.45, 2.75) is 38.1 Å². The zero-order valence-corrected chi connectivity index (χ0v) is 14.0. The monoisotopic (exact) mass is 349 g/mol. The van der Waals surface area contributed by atoms with Crippen molar-refractivity contribution in [2.24, 2.45) is 5.92 Å². The molecule has 1 aliphatic carbocycles. The normalized spacial score (nSPS) is 21.2. The van der Waals surface area contributed by atoms with Crippen LogP contribution in [0.2, 0.25) is 5.02 Å². The quantitative estimate of drug-likeness (QED) is 0.823. The van der Waals surface area contributed by atoms with E-state index in [4.69, 9.17) is 11.6 Å². The molecular formula is C16H20ClN5O2. The summed E-state index contributed by atoms with van der Waals surface area (Å²) in [5.41, 5.74) is 1.10. The summed E-state index contributed by atoms with van der Waals surface area (Å²) in [7, 11) is 0. The highest BCUT2D eigenvalue weighted by Gasteiger charge is 2.25. The largest absolute Gasteiger partial charge is 0.396 e. The van der Waals surface area contributed by atoms with Crippen LogP contribution in [0.1, 0.15) is 42.5 Å². The fraction of sp³-hybridized carbons (Fsp3) is 0.500. The van der Waals surface area contributed by atoms with Gasteiger partial charge in [0.2, 0.25) is 0 Å². The number of aliphatic hydroxyl groups excluding tert-OH is 1. The maximum atomic E-state index is 12.6. The first kappa shape index (κ1) is 16.9. The van der Waals surface area contributed by atoms with Gasteiger partial charge in [0.25, 0.3) is 5.91 Å². The number of aliphatic hydroxyl groups is 1. The second kappa shape index (κ2) is 7.72. The van der Waals surface area contributed by atoms with E-state index < -0.39 is 0 Å². The van der Waals surface area contributed by atoms with E-state index in [2.05, 4.69) is 20.8 Å². The van der Waals surface area contributed by atoms with Gasteiger partial charge in [0.1, 0.15) is 6.33 Å². The fourth-order valence-corrected chi connectivity index (χ4v) is 3.41. The van der Waals surface area contributed by atoms with Gasteiger partial charge in [-0.25, -0.2) is 4.68 Å². The van der Waals surface area contributed by atoms with Gasteiger partial charge < -0.3 is 10.4 Å². The Hall–Kier alpha value is -1.99. The Labute approximate surface area is 145 Å². The maximum Gasteiger partial charge on any atom is 0.253 e. The van der Waals surface area contributed by atoms with Crippen LogP contribution >= 0.6 is 11.6 Å². The molecule has 1 saturated carbocycles. The topological polar surface area (TPSA) is 92.9 Å². The van der Waals surface area contributed by atoms with Crippen molar-refractivity contribution in [3.63, 3.8) is 0 Å². The number of hydrogen-bond donors (Lipinski definition) is 2. The summed E-state index contributed by atoms with van der Waals surface area (Å²) in [5.74, 6) is -0.107. The standard InChI is InChI=1S/C16H20ClN5O2/c17-14-8-12(22-10-18-20-21-22)6-7-13(14)16(24)19-15-5-3-1-2-4-11(15)9-23/h6-8,10-11,15,23H,1-5,9H2,(H,19,24). The number of halogens is 1. The number of carbonyl (C=O) groups excluding carboxylic acids is 1. The SMILES string of the molecule is O=C(NC1CCCCCC1CO)c1ccc(-n2cnnn2)cc1Cl. The molecule has 2 aromatic rings. The average Bonchev–Trinajstić information content (AvgIpc) is 3.02. The molecule has 1 amide bonds. The van der Waals surface area contributed by atoms with E-state index in [1.807, 2.05) is 0 Å². The molecule has 0 radical (unpaired) electrons. The smallest absolute Gasteiger partial charge is 0.253 e. The van der Waals surface area contributed by atoms with Gasteiger partial charge in [0.15, 0.2) is 0 Å². The van der Waals surface area contributed by atoms with E-state index in [1.165, 1.54) is 11.0 Å². The lowest BCUT2D eigenvalue weighted by Gasteiger charge is -2.24. The zero-order chi connectivity index (χ0) is 16.9. The molecule has 0 bridgehead atoms. The Bertz CT molecular complexity index is 692. The Morgan fingerprint density at radius 2 is 2.17 bits per heavy atom. The first-order chi connectivity index (χ1) is 11.7. The van der Waals surface area contributed by atoms with E-state index >= 15 is 0 Å². The Kier molecular flexibility index (Phi) is 5.42. The molecule has 0 saturated heterocycles. The number of aromatic nitrogens is 4. The molecule has 0 aliphatic heterocycles. The van der Waals surface area contributed by atoms with Gasteiger partial charge in [-0.2, -0.15) is 0 Å². The molecule has 2 N–H and O–H groups in total. The predicted octanol–water partition coefficient (Wildman–Crippen LogP) is 1.99. The minimum Gasteiger partial charge on any atom is -0.396 e.